The van der Waals surface area contributed by atoms with Gasteiger partial charge in [-0.2, -0.15) is 0 Å². The zero-order valence-electron chi connectivity index (χ0n) is 10.5. The molecule has 4 heteroatoms. The van der Waals surface area contributed by atoms with Crippen molar-refractivity contribution in [3.63, 3.8) is 0 Å². The molecule has 0 fully saturated rings. The molecular formula is C14H18N4. The van der Waals surface area contributed by atoms with E-state index in [1.807, 2.05) is 36.5 Å². The molecule has 3 N–H and O–H groups in total. The third-order valence-electron chi connectivity index (χ3n) is 3.02. The maximum Gasteiger partial charge on any atom is 0.140 e. The monoisotopic (exact) mass is 242 g/mol. The van der Waals surface area contributed by atoms with Gasteiger partial charge in [0.15, 0.2) is 0 Å². The van der Waals surface area contributed by atoms with Gasteiger partial charge in [-0.05, 0) is 6.42 Å². The van der Waals surface area contributed by atoms with Gasteiger partial charge < -0.3 is 10.3 Å². The van der Waals surface area contributed by atoms with E-state index in [0.717, 1.165) is 17.8 Å². The molecule has 4 nitrogen and oxygen atoms in total. The fourth-order valence-corrected chi connectivity index (χ4v) is 2.11. The maximum absolute atomic E-state index is 7.45. The molecule has 18 heavy (non-hydrogen) atoms. The Kier molecular flexibility index (Phi) is 3.77. The van der Waals surface area contributed by atoms with Crippen LogP contribution >= 0.6 is 0 Å². The first-order valence-corrected chi connectivity index (χ1v) is 6.13. The molecule has 2 aromatic rings. The van der Waals surface area contributed by atoms with E-state index in [0.29, 0.717) is 6.42 Å². The number of hydrogen-bond donors (Lipinski definition) is 2. The second kappa shape index (κ2) is 5.49. The lowest BCUT2D eigenvalue weighted by Crippen LogP contribution is -2.18. The summed E-state index contributed by atoms with van der Waals surface area (Å²) in [4.78, 5) is 4.41. The van der Waals surface area contributed by atoms with Crippen LogP contribution in [-0.2, 0) is 0 Å². The molecule has 0 aliphatic rings. The molecule has 0 saturated carbocycles. The SMILES string of the molecule is CCC(CC(=N)N)n1ccnc1-c1ccccc1. The third-order valence-corrected chi connectivity index (χ3v) is 3.02. The van der Waals surface area contributed by atoms with Crippen LogP contribution in [0.3, 0.4) is 0 Å². The van der Waals surface area contributed by atoms with Gasteiger partial charge in [-0.1, -0.05) is 37.3 Å². The second-order valence-corrected chi connectivity index (χ2v) is 4.32. The molecule has 0 aliphatic heterocycles. The Labute approximate surface area is 107 Å². The van der Waals surface area contributed by atoms with Gasteiger partial charge in [-0.15, -0.1) is 0 Å². The van der Waals surface area contributed by atoms with Crippen molar-refractivity contribution in [1.82, 2.24) is 9.55 Å². The first-order valence-electron chi connectivity index (χ1n) is 6.13. The molecule has 0 radical (unpaired) electrons. The van der Waals surface area contributed by atoms with Crippen molar-refractivity contribution in [1.29, 1.82) is 5.41 Å². The first-order chi connectivity index (χ1) is 8.72. The fraction of sp³-hybridized carbons (Fsp3) is 0.286. The second-order valence-electron chi connectivity index (χ2n) is 4.32. The molecule has 1 atom stereocenters. The van der Waals surface area contributed by atoms with Crippen molar-refractivity contribution in [2.75, 3.05) is 0 Å². The number of amidine groups is 1. The zero-order chi connectivity index (χ0) is 13.0. The highest BCUT2D eigenvalue weighted by Gasteiger charge is 2.14. The molecule has 2 rings (SSSR count). The van der Waals surface area contributed by atoms with Crippen molar-refractivity contribution < 1.29 is 0 Å². The van der Waals surface area contributed by atoms with Crippen LogP contribution in [0.4, 0.5) is 0 Å². The van der Waals surface area contributed by atoms with E-state index in [-0.39, 0.29) is 11.9 Å². The lowest BCUT2D eigenvalue weighted by atomic mass is 10.1. The number of aromatic nitrogens is 2. The third kappa shape index (κ3) is 2.59. The van der Waals surface area contributed by atoms with E-state index in [2.05, 4.69) is 16.5 Å². The number of nitrogens with two attached hydrogens (primary N) is 1. The number of rotatable bonds is 5. The van der Waals surface area contributed by atoms with Gasteiger partial charge in [0.25, 0.3) is 0 Å². The van der Waals surface area contributed by atoms with E-state index >= 15 is 0 Å². The molecule has 0 spiro atoms. The van der Waals surface area contributed by atoms with Crippen molar-refractivity contribution in [2.45, 2.75) is 25.8 Å². The largest absolute Gasteiger partial charge is 0.388 e. The van der Waals surface area contributed by atoms with Crippen LogP contribution in [0.25, 0.3) is 11.4 Å². The summed E-state index contributed by atoms with van der Waals surface area (Å²) >= 11 is 0. The van der Waals surface area contributed by atoms with Crippen LogP contribution in [0.1, 0.15) is 25.8 Å². The summed E-state index contributed by atoms with van der Waals surface area (Å²) in [6.07, 6.45) is 5.24. The Morgan fingerprint density at radius 3 is 2.72 bits per heavy atom. The fourth-order valence-electron chi connectivity index (χ4n) is 2.11. The molecule has 1 aromatic heterocycles. The van der Waals surface area contributed by atoms with Gasteiger partial charge in [-0.25, -0.2) is 4.98 Å². The lowest BCUT2D eigenvalue weighted by Gasteiger charge is -2.18. The minimum atomic E-state index is 0.195. The topological polar surface area (TPSA) is 67.7 Å². The van der Waals surface area contributed by atoms with E-state index in [1.165, 1.54) is 0 Å². The Balaban J connectivity index is 2.35. The molecule has 0 amide bonds. The van der Waals surface area contributed by atoms with E-state index in [9.17, 15) is 0 Å². The van der Waals surface area contributed by atoms with Gasteiger partial charge in [0.2, 0.25) is 0 Å². The van der Waals surface area contributed by atoms with Crippen molar-refractivity contribution in [2.24, 2.45) is 5.73 Å². The Bertz CT molecular complexity index is 516. The summed E-state index contributed by atoms with van der Waals surface area (Å²) in [6.45, 7) is 2.10. The first kappa shape index (κ1) is 12.4. The summed E-state index contributed by atoms with van der Waals surface area (Å²) in [7, 11) is 0. The van der Waals surface area contributed by atoms with E-state index < -0.39 is 0 Å². The number of benzene rings is 1. The minimum Gasteiger partial charge on any atom is -0.388 e. The average molecular weight is 242 g/mol. The number of nitrogens with one attached hydrogen (secondary N) is 1. The molecule has 1 unspecified atom stereocenters. The lowest BCUT2D eigenvalue weighted by molar-refractivity contribution is 0.505. The average Bonchev–Trinajstić information content (AvgIpc) is 2.86. The number of nitrogens with zero attached hydrogens (tertiary/aromatic N) is 2. The summed E-state index contributed by atoms with van der Waals surface area (Å²) < 4.78 is 2.11. The van der Waals surface area contributed by atoms with E-state index in [4.69, 9.17) is 11.1 Å². The standard InChI is InChI=1S/C14H18N4/c1-2-12(10-13(15)16)18-9-8-17-14(18)11-6-4-3-5-7-11/h3-9,12H,2,10H2,1H3,(H3,15,16). The normalized spacial score (nSPS) is 12.3. The van der Waals surface area contributed by atoms with Gasteiger partial charge in [-0.3, -0.25) is 5.41 Å². The van der Waals surface area contributed by atoms with Crippen molar-refractivity contribution >= 4 is 5.84 Å². The predicted octanol–water partition coefficient (Wildman–Crippen LogP) is 2.83. The quantitative estimate of drug-likeness (QED) is 0.625. The van der Waals surface area contributed by atoms with Crippen LogP contribution in [-0.4, -0.2) is 15.4 Å². The Morgan fingerprint density at radius 2 is 2.11 bits per heavy atom. The molecule has 94 valence electrons. The summed E-state index contributed by atoms with van der Waals surface area (Å²) in [5, 5.41) is 7.45. The summed E-state index contributed by atoms with van der Waals surface area (Å²) in [6, 6.07) is 10.3. The van der Waals surface area contributed by atoms with Crippen LogP contribution in [0.2, 0.25) is 0 Å². The maximum atomic E-state index is 7.45. The predicted molar refractivity (Wildman–Crippen MR) is 73.5 cm³/mol. The van der Waals surface area contributed by atoms with Crippen molar-refractivity contribution in [3.8, 4) is 11.4 Å². The van der Waals surface area contributed by atoms with E-state index in [1.54, 1.807) is 6.20 Å². The Morgan fingerprint density at radius 1 is 1.39 bits per heavy atom. The highest BCUT2D eigenvalue weighted by molar-refractivity contribution is 5.77. The van der Waals surface area contributed by atoms with Gasteiger partial charge in [0.1, 0.15) is 5.82 Å². The van der Waals surface area contributed by atoms with Gasteiger partial charge in [0, 0.05) is 30.4 Å². The molecule has 1 aromatic carbocycles. The summed E-state index contributed by atoms with van der Waals surface area (Å²) in [5.74, 6) is 1.15. The van der Waals surface area contributed by atoms with Crippen LogP contribution in [0, 0.1) is 5.41 Å². The highest BCUT2D eigenvalue weighted by Crippen LogP contribution is 2.24. The minimum absolute atomic E-state index is 0.195. The van der Waals surface area contributed by atoms with Crippen LogP contribution in [0.15, 0.2) is 42.7 Å². The Hall–Kier alpha value is -2.10. The van der Waals surface area contributed by atoms with Crippen molar-refractivity contribution in [3.05, 3.63) is 42.7 Å². The van der Waals surface area contributed by atoms with Crippen LogP contribution in [0.5, 0.6) is 0 Å². The molecule has 1 heterocycles. The molecule has 0 saturated heterocycles. The number of imidazole rings is 1. The molecule has 0 aliphatic carbocycles. The van der Waals surface area contributed by atoms with Crippen LogP contribution < -0.4 is 5.73 Å². The zero-order valence-corrected chi connectivity index (χ0v) is 10.5. The molecule has 0 bridgehead atoms. The summed E-state index contributed by atoms with van der Waals surface area (Å²) in [5.41, 5.74) is 6.60. The molecular weight excluding hydrogens is 224 g/mol. The number of hydrogen-bond acceptors (Lipinski definition) is 2. The smallest absolute Gasteiger partial charge is 0.140 e. The van der Waals surface area contributed by atoms with Gasteiger partial charge in [0.05, 0.1) is 5.84 Å². The van der Waals surface area contributed by atoms with Gasteiger partial charge >= 0.3 is 0 Å². The highest BCUT2D eigenvalue weighted by atomic mass is 15.1.